The van der Waals surface area contributed by atoms with Gasteiger partial charge in [0.05, 0.1) is 11.4 Å². The molecular weight excluding hydrogens is 368 g/mol. The first-order chi connectivity index (χ1) is 12.8. The molecular formula is C18H26N4O4S. The fourth-order valence-electron chi connectivity index (χ4n) is 3.57. The Labute approximate surface area is 159 Å². The van der Waals surface area contributed by atoms with E-state index in [4.69, 9.17) is 5.73 Å². The SMILES string of the molecule is CC(N)C1CCN(C(=O)c2cccc(S(=O)(=O)N3CCNC(=O)C3)c2)CC1. The van der Waals surface area contributed by atoms with Gasteiger partial charge in [-0.2, -0.15) is 4.31 Å². The summed E-state index contributed by atoms with van der Waals surface area (Å²) in [6.07, 6.45) is 1.70. The highest BCUT2D eigenvalue weighted by Crippen LogP contribution is 2.23. The van der Waals surface area contributed by atoms with Gasteiger partial charge in [-0.05, 0) is 43.9 Å². The zero-order chi connectivity index (χ0) is 19.6. The number of likely N-dealkylation sites (tertiary alicyclic amines) is 1. The van der Waals surface area contributed by atoms with Crippen LogP contribution in [0.5, 0.6) is 0 Å². The summed E-state index contributed by atoms with van der Waals surface area (Å²) < 4.78 is 26.8. The minimum Gasteiger partial charge on any atom is -0.354 e. The molecule has 2 saturated heterocycles. The van der Waals surface area contributed by atoms with Crippen molar-refractivity contribution in [1.82, 2.24) is 14.5 Å². The average Bonchev–Trinajstić information content (AvgIpc) is 2.67. The van der Waals surface area contributed by atoms with Crippen molar-refractivity contribution in [2.45, 2.75) is 30.7 Å². The van der Waals surface area contributed by atoms with Gasteiger partial charge in [0.1, 0.15) is 0 Å². The molecule has 1 aromatic carbocycles. The molecule has 0 saturated carbocycles. The lowest BCUT2D eigenvalue weighted by molar-refractivity contribution is -0.122. The van der Waals surface area contributed by atoms with Gasteiger partial charge in [-0.25, -0.2) is 8.42 Å². The van der Waals surface area contributed by atoms with Gasteiger partial charge >= 0.3 is 0 Å². The summed E-state index contributed by atoms with van der Waals surface area (Å²) in [6, 6.07) is 6.17. The number of carbonyl (C=O) groups is 2. The van der Waals surface area contributed by atoms with Gasteiger partial charge in [-0.1, -0.05) is 6.07 Å². The van der Waals surface area contributed by atoms with E-state index < -0.39 is 10.0 Å². The van der Waals surface area contributed by atoms with Crippen molar-refractivity contribution in [2.75, 3.05) is 32.7 Å². The molecule has 3 rings (SSSR count). The number of rotatable bonds is 4. The molecule has 2 fully saturated rings. The zero-order valence-corrected chi connectivity index (χ0v) is 16.2. The number of carbonyl (C=O) groups excluding carboxylic acids is 2. The maximum Gasteiger partial charge on any atom is 0.253 e. The largest absolute Gasteiger partial charge is 0.354 e. The molecule has 0 aliphatic carbocycles. The predicted molar refractivity (Wildman–Crippen MR) is 100 cm³/mol. The topological polar surface area (TPSA) is 113 Å². The minimum absolute atomic E-state index is 0.0357. The smallest absolute Gasteiger partial charge is 0.253 e. The van der Waals surface area contributed by atoms with Crippen molar-refractivity contribution in [1.29, 1.82) is 0 Å². The van der Waals surface area contributed by atoms with E-state index in [1.807, 2.05) is 6.92 Å². The highest BCUT2D eigenvalue weighted by Gasteiger charge is 2.30. The van der Waals surface area contributed by atoms with E-state index in [-0.39, 0.29) is 42.4 Å². The van der Waals surface area contributed by atoms with Crippen LogP contribution >= 0.6 is 0 Å². The van der Waals surface area contributed by atoms with Gasteiger partial charge in [0.15, 0.2) is 0 Å². The highest BCUT2D eigenvalue weighted by atomic mass is 32.2. The second kappa shape index (κ2) is 7.95. The molecule has 1 aromatic rings. The van der Waals surface area contributed by atoms with Crippen LogP contribution in [0.3, 0.4) is 0 Å². The van der Waals surface area contributed by atoms with Crippen LogP contribution in [0.1, 0.15) is 30.1 Å². The monoisotopic (exact) mass is 394 g/mol. The van der Waals surface area contributed by atoms with Crippen molar-refractivity contribution in [3.05, 3.63) is 29.8 Å². The zero-order valence-electron chi connectivity index (χ0n) is 15.4. The Kier molecular flexibility index (Phi) is 5.83. The molecule has 3 N–H and O–H groups in total. The number of nitrogens with one attached hydrogen (secondary N) is 1. The summed E-state index contributed by atoms with van der Waals surface area (Å²) in [6.45, 7) is 3.52. The summed E-state index contributed by atoms with van der Waals surface area (Å²) in [5, 5.41) is 2.60. The molecule has 148 valence electrons. The lowest BCUT2D eigenvalue weighted by Gasteiger charge is -2.33. The average molecular weight is 394 g/mol. The van der Waals surface area contributed by atoms with E-state index >= 15 is 0 Å². The van der Waals surface area contributed by atoms with Gasteiger partial charge < -0.3 is 16.0 Å². The third-order valence-electron chi connectivity index (χ3n) is 5.29. The fourth-order valence-corrected chi connectivity index (χ4v) is 5.01. The molecule has 2 aliphatic rings. The maximum atomic E-state index is 12.8. The Bertz CT molecular complexity index is 816. The lowest BCUT2D eigenvalue weighted by atomic mass is 9.90. The van der Waals surface area contributed by atoms with Crippen molar-refractivity contribution < 1.29 is 18.0 Å². The Balaban J connectivity index is 1.75. The van der Waals surface area contributed by atoms with Crippen LogP contribution in [0.25, 0.3) is 0 Å². The molecule has 2 heterocycles. The number of nitrogens with two attached hydrogens (primary N) is 1. The van der Waals surface area contributed by atoms with Gasteiger partial charge in [0.2, 0.25) is 15.9 Å². The third kappa shape index (κ3) is 4.31. The van der Waals surface area contributed by atoms with Crippen molar-refractivity contribution in [3.8, 4) is 0 Å². The van der Waals surface area contributed by atoms with Crippen LogP contribution in [0.2, 0.25) is 0 Å². The standard InChI is InChI=1S/C18H26N4O4S/c1-13(19)14-5-8-21(9-6-14)18(24)15-3-2-4-16(11-15)27(25,26)22-10-7-20-17(23)12-22/h2-4,11,13-14H,5-10,12,19H2,1H3,(H,20,23). The Hall–Kier alpha value is -1.97. The number of hydrogen-bond donors (Lipinski definition) is 2. The normalized spacial score (nSPS) is 21.0. The van der Waals surface area contributed by atoms with Gasteiger partial charge in [0.25, 0.3) is 5.91 Å². The van der Waals surface area contributed by atoms with E-state index in [2.05, 4.69) is 5.32 Å². The number of amides is 2. The van der Waals surface area contributed by atoms with E-state index in [1.54, 1.807) is 17.0 Å². The number of hydrogen-bond acceptors (Lipinski definition) is 5. The number of piperazine rings is 1. The van der Waals surface area contributed by atoms with Crippen LogP contribution in [0, 0.1) is 5.92 Å². The Morgan fingerprint density at radius 3 is 2.59 bits per heavy atom. The van der Waals surface area contributed by atoms with Crippen molar-refractivity contribution in [3.63, 3.8) is 0 Å². The summed E-state index contributed by atoms with van der Waals surface area (Å²) in [5.74, 6) is -0.0911. The molecule has 27 heavy (non-hydrogen) atoms. The number of piperidine rings is 1. The molecule has 2 amide bonds. The highest BCUT2D eigenvalue weighted by molar-refractivity contribution is 7.89. The molecule has 8 nitrogen and oxygen atoms in total. The predicted octanol–water partition coefficient (Wildman–Crippen LogP) is 0.00650. The summed E-state index contributed by atoms with van der Waals surface area (Å²) in [5.41, 5.74) is 6.29. The van der Waals surface area contributed by atoms with E-state index in [0.717, 1.165) is 17.1 Å². The molecule has 2 aliphatic heterocycles. The molecule has 0 spiro atoms. The second-order valence-corrected chi connectivity index (χ2v) is 9.14. The van der Waals surface area contributed by atoms with E-state index in [0.29, 0.717) is 24.6 Å². The Morgan fingerprint density at radius 1 is 1.26 bits per heavy atom. The van der Waals surface area contributed by atoms with Gasteiger partial charge in [0, 0.05) is 37.8 Å². The first-order valence-electron chi connectivity index (χ1n) is 9.21. The lowest BCUT2D eigenvalue weighted by Crippen LogP contribution is -2.49. The molecule has 9 heteroatoms. The van der Waals surface area contributed by atoms with Crippen LogP contribution in [-0.4, -0.2) is 68.2 Å². The summed E-state index contributed by atoms with van der Waals surface area (Å²) >= 11 is 0. The molecule has 1 unspecified atom stereocenters. The summed E-state index contributed by atoms with van der Waals surface area (Å²) in [4.78, 5) is 26.1. The van der Waals surface area contributed by atoms with Crippen LogP contribution < -0.4 is 11.1 Å². The second-order valence-electron chi connectivity index (χ2n) is 7.21. The molecule has 1 atom stereocenters. The van der Waals surface area contributed by atoms with Gasteiger partial charge in [-0.15, -0.1) is 0 Å². The van der Waals surface area contributed by atoms with Crippen LogP contribution in [0.4, 0.5) is 0 Å². The van der Waals surface area contributed by atoms with Crippen molar-refractivity contribution in [2.24, 2.45) is 11.7 Å². The number of benzene rings is 1. The first-order valence-corrected chi connectivity index (χ1v) is 10.6. The Morgan fingerprint density at radius 2 is 1.96 bits per heavy atom. The number of sulfonamides is 1. The van der Waals surface area contributed by atoms with Crippen LogP contribution in [-0.2, 0) is 14.8 Å². The van der Waals surface area contributed by atoms with Crippen LogP contribution in [0.15, 0.2) is 29.2 Å². The third-order valence-corrected chi connectivity index (χ3v) is 7.13. The van der Waals surface area contributed by atoms with Gasteiger partial charge in [-0.3, -0.25) is 9.59 Å². The molecule has 0 aromatic heterocycles. The van der Waals surface area contributed by atoms with Crippen molar-refractivity contribution >= 4 is 21.8 Å². The molecule has 0 bridgehead atoms. The van der Waals surface area contributed by atoms with E-state index in [1.165, 1.54) is 12.1 Å². The fraction of sp³-hybridized carbons (Fsp3) is 0.556. The minimum atomic E-state index is -3.82. The summed E-state index contributed by atoms with van der Waals surface area (Å²) in [7, 11) is -3.82. The molecule has 0 radical (unpaired) electrons. The van der Waals surface area contributed by atoms with E-state index in [9.17, 15) is 18.0 Å². The first kappa shape index (κ1) is 19.8. The maximum absolute atomic E-state index is 12.8. The number of nitrogens with zero attached hydrogens (tertiary/aromatic N) is 2. The quantitative estimate of drug-likeness (QED) is 0.747.